The van der Waals surface area contributed by atoms with Gasteiger partial charge in [-0.3, -0.25) is 14.5 Å². The lowest BCUT2D eigenvalue weighted by Crippen LogP contribution is -2.50. The van der Waals surface area contributed by atoms with Crippen LogP contribution >= 0.6 is 0 Å². The summed E-state index contributed by atoms with van der Waals surface area (Å²) < 4.78 is 48.0. The van der Waals surface area contributed by atoms with Gasteiger partial charge in [0.25, 0.3) is 0 Å². The van der Waals surface area contributed by atoms with Crippen molar-refractivity contribution in [3.05, 3.63) is 23.8 Å². The van der Waals surface area contributed by atoms with Gasteiger partial charge in [-0.2, -0.15) is 0 Å². The van der Waals surface area contributed by atoms with E-state index in [1.54, 1.807) is 0 Å². The minimum absolute atomic E-state index is 0.0638. The zero-order valence-electron chi connectivity index (χ0n) is 19.5. The van der Waals surface area contributed by atoms with Crippen LogP contribution in [0.2, 0.25) is 0 Å². The van der Waals surface area contributed by atoms with Crippen LogP contribution in [0, 0.1) is 11.8 Å². The van der Waals surface area contributed by atoms with Gasteiger partial charge in [-0.25, -0.2) is 4.99 Å². The van der Waals surface area contributed by atoms with Gasteiger partial charge >= 0.3 is 6.36 Å². The number of halogens is 3. The van der Waals surface area contributed by atoms with E-state index in [9.17, 15) is 22.8 Å². The van der Waals surface area contributed by atoms with Gasteiger partial charge in [0, 0.05) is 24.4 Å². The first-order valence-corrected chi connectivity index (χ1v) is 11.2. The summed E-state index contributed by atoms with van der Waals surface area (Å²) in [5.74, 6) is -0.550. The molecule has 11 heteroatoms. The normalized spacial score (nSPS) is 27.3. The molecule has 0 aromatic heterocycles. The lowest BCUT2D eigenvalue weighted by atomic mass is 9.89. The van der Waals surface area contributed by atoms with Crippen LogP contribution in [0.3, 0.4) is 0 Å². The standard InChI is InChI=1S/C23H29F3N4O4/c1-21(2)10-18(31)30(20(27)29-21)11-12-7-14(12)19(32)28-16-9-22(3,4)34-17-6-5-13(8-15(16)17)33-23(24,25)26/h5-6,8,12,14,16H,7,9-11H2,1-4H3,(H2,27,29)(H,28,32). The maximum atomic E-state index is 13.0. The second-order valence-corrected chi connectivity index (χ2v) is 10.4. The minimum Gasteiger partial charge on any atom is -0.487 e. The van der Waals surface area contributed by atoms with Crippen LogP contribution in [0.15, 0.2) is 23.2 Å². The third kappa shape index (κ3) is 5.39. The number of guanidine groups is 1. The molecular weight excluding hydrogens is 453 g/mol. The Labute approximate surface area is 195 Å². The van der Waals surface area contributed by atoms with Gasteiger partial charge < -0.3 is 20.5 Å². The van der Waals surface area contributed by atoms with E-state index in [0.717, 1.165) is 0 Å². The van der Waals surface area contributed by atoms with Crippen molar-refractivity contribution in [1.82, 2.24) is 10.2 Å². The number of amides is 2. The molecule has 0 spiro atoms. The number of nitrogens with one attached hydrogen (secondary N) is 1. The van der Waals surface area contributed by atoms with Gasteiger partial charge in [0.05, 0.1) is 18.0 Å². The average Bonchev–Trinajstić information content (AvgIpc) is 3.42. The van der Waals surface area contributed by atoms with Gasteiger partial charge in [0.15, 0.2) is 5.96 Å². The van der Waals surface area contributed by atoms with E-state index in [2.05, 4.69) is 15.0 Å². The molecule has 0 radical (unpaired) electrons. The Balaban J connectivity index is 1.44. The number of hydrogen-bond acceptors (Lipinski definition) is 6. The highest BCUT2D eigenvalue weighted by Gasteiger charge is 2.47. The van der Waals surface area contributed by atoms with E-state index in [4.69, 9.17) is 10.5 Å². The molecule has 1 aromatic carbocycles. The minimum atomic E-state index is -4.82. The summed E-state index contributed by atoms with van der Waals surface area (Å²) in [5, 5.41) is 2.96. The molecule has 3 atom stereocenters. The number of carbonyl (C=O) groups excluding carboxylic acids is 2. The highest BCUT2D eigenvalue weighted by Crippen LogP contribution is 2.44. The summed E-state index contributed by atoms with van der Waals surface area (Å²) in [6.07, 6.45) is -3.62. The number of benzene rings is 1. The quantitative estimate of drug-likeness (QED) is 0.670. The van der Waals surface area contributed by atoms with Crippen molar-refractivity contribution in [1.29, 1.82) is 0 Å². The fraction of sp³-hybridized carbons (Fsp3) is 0.609. The summed E-state index contributed by atoms with van der Waals surface area (Å²) >= 11 is 0. The van der Waals surface area contributed by atoms with Crippen LogP contribution in [0.25, 0.3) is 0 Å². The molecule has 8 nitrogen and oxygen atoms in total. The van der Waals surface area contributed by atoms with Crippen molar-refractivity contribution >= 4 is 17.8 Å². The zero-order valence-corrected chi connectivity index (χ0v) is 19.5. The summed E-state index contributed by atoms with van der Waals surface area (Å²) in [5.41, 5.74) is 5.24. The van der Waals surface area contributed by atoms with Crippen LogP contribution in [-0.2, 0) is 9.59 Å². The predicted octanol–water partition coefficient (Wildman–Crippen LogP) is 3.27. The molecule has 2 heterocycles. The molecule has 2 amide bonds. The molecule has 1 fully saturated rings. The van der Waals surface area contributed by atoms with Crippen molar-refractivity contribution in [3.63, 3.8) is 0 Å². The van der Waals surface area contributed by atoms with E-state index >= 15 is 0 Å². The third-order valence-electron chi connectivity index (χ3n) is 6.24. The Hall–Kier alpha value is -2.98. The molecule has 1 aliphatic carbocycles. The van der Waals surface area contributed by atoms with E-state index in [-0.39, 0.29) is 41.8 Å². The second-order valence-electron chi connectivity index (χ2n) is 10.4. The van der Waals surface area contributed by atoms with Gasteiger partial charge in [-0.15, -0.1) is 13.2 Å². The third-order valence-corrected chi connectivity index (χ3v) is 6.24. The van der Waals surface area contributed by atoms with Crippen LogP contribution in [0.1, 0.15) is 58.6 Å². The van der Waals surface area contributed by atoms with Crippen molar-refractivity contribution < 1.29 is 32.2 Å². The predicted molar refractivity (Wildman–Crippen MR) is 117 cm³/mol. The number of ether oxygens (including phenoxy) is 2. The van der Waals surface area contributed by atoms with Gasteiger partial charge in [0.1, 0.15) is 17.1 Å². The van der Waals surface area contributed by atoms with Crippen LogP contribution < -0.4 is 20.5 Å². The molecular formula is C23H29F3N4O4. The van der Waals surface area contributed by atoms with E-state index in [1.807, 2.05) is 27.7 Å². The van der Waals surface area contributed by atoms with E-state index < -0.39 is 23.5 Å². The van der Waals surface area contributed by atoms with Crippen LogP contribution in [0.4, 0.5) is 13.2 Å². The molecule has 0 bridgehead atoms. The Morgan fingerprint density at radius 2 is 2.03 bits per heavy atom. The Morgan fingerprint density at radius 3 is 2.68 bits per heavy atom. The number of carbonyl (C=O) groups is 2. The molecule has 1 aromatic rings. The van der Waals surface area contributed by atoms with Crippen molar-refractivity contribution in [2.24, 2.45) is 22.6 Å². The van der Waals surface area contributed by atoms with Crippen molar-refractivity contribution in [3.8, 4) is 11.5 Å². The van der Waals surface area contributed by atoms with Crippen molar-refractivity contribution in [2.45, 2.75) is 70.5 Å². The molecule has 34 heavy (non-hydrogen) atoms. The monoisotopic (exact) mass is 482 g/mol. The fourth-order valence-electron chi connectivity index (χ4n) is 4.64. The first kappa shape index (κ1) is 24.2. The van der Waals surface area contributed by atoms with E-state index in [0.29, 0.717) is 30.7 Å². The smallest absolute Gasteiger partial charge is 0.487 e. The van der Waals surface area contributed by atoms with Crippen LogP contribution in [0.5, 0.6) is 11.5 Å². The second kappa shape index (κ2) is 8.06. The summed E-state index contributed by atoms with van der Waals surface area (Å²) in [4.78, 5) is 31.3. The van der Waals surface area contributed by atoms with E-state index in [1.165, 1.54) is 23.1 Å². The summed E-state index contributed by atoms with van der Waals surface area (Å²) in [6.45, 7) is 7.67. The molecule has 3 aliphatic rings. The molecule has 186 valence electrons. The average molecular weight is 483 g/mol. The summed E-state index contributed by atoms with van der Waals surface area (Å²) in [7, 11) is 0. The molecule has 2 aliphatic heterocycles. The zero-order chi connectivity index (χ0) is 25.1. The number of aliphatic imine (C=N–C) groups is 1. The number of fused-ring (bicyclic) bond motifs is 1. The molecule has 4 rings (SSSR count). The Bertz CT molecular complexity index is 1040. The van der Waals surface area contributed by atoms with Gasteiger partial charge in [-0.1, -0.05) is 0 Å². The SMILES string of the molecule is CC1(C)CC(=O)N(CC2CC2C(=O)NC2CC(C)(C)Oc3ccc(OC(F)(F)F)cc32)C(N)=N1. The topological polar surface area (TPSA) is 106 Å². The summed E-state index contributed by atoms with van der Waals surface area (Å²) in [6, 6.07) is 3.31. The lowest BCUT2D eigenvalue weighted by molar-refractivity contribution is -0.274. The van der Waals surface area contributed by atoms with Gasteiger partial charge in [-0.05, 0) is 58.2 Å². The Kier molecular flexibility index (Phi) is 5.72. The highest BCUT2D eigenvalue weighted by atomic mass is 19.4. The number of hydrogen-bond donors (Lipinski definition) is 2. The number of nitrogens with two attached hydrogens (primary N) is 1. The van der Waals surface area contributed by atoms with Crippen LogP contribution in [-0.4, -0.2) is 46.7 Å². The largest absolute Gasteiger partial charge is 0.573 e. The van der Waals surface area contributed by atoms with Crippen molar-refractivity contribution in [2.75, 3.05) is 6.54 Å². The number of alkyl halides is 3. The first-order valence-electron chi connectivity index (χ1n) is 11.2. The molecule has 3 unspecified atom stereocenters. The Morgan fingerprint density at radius 1 is 1.32 bits per heavy atom. The molecule has 1 saturated carbocycles. The maximum absolute atomic E-state index is 13.0. The molecule has 3 N–H and O–H groups in total. The highest BCUT2D eigenvalue weighted by molar-refractivity contribution is 5.99. The molecule has 0 saturated heterocycles. The number of rotatable bonds is 5. The first-order chi connectivity index (χ1) is 15.6. The fourth-order valence-corrected chi connectivity index (χ4v) is 4.64. The maximum Gasteiger partial charge on any atom is 0.573 e. The number of nitrogens with zero attached hydrogens (tertiary/aromatic N) is 2. The lowest BCUT2D eigenvalue weighted by Gasteiger charge is -2.38. The van der Waals surface area contributed by atoms with Gasteiger partial charge in [0.2, 0.25) is 11.8 Å².